The molecule has 5 nitrogen and oxygen atoms in total. The third-order valence-corrected chi connectivity index (χ3v) is 2.50. The molecule has 2 N–H and O–H groups in total. The molecule has 1 fully saturated rings. The van der Waals surface area contributed by atoms with E-state index in [1.54, 1.807) is 0 Å². The lowest BCUT2D eigenvalue weighted by atomic mass is 10.1. The number of likely N-dealkylation sites (tertiary alicyclic amines) is 1. The van der Waals surface area contributed by atoms with Crippen molar-refractivity contribution in [2.75, 3.05) is 25.9 Å². The molecule has 1 aromatic heterocycles. The van der Waals surface area contributed by atoms with Crippen molar-refractivity contribution in [3.8, 4) is 0 Å². The molecule has 0 bridgehead atoms. The van der Waals surface area contributed by atoms with Gasteiger partial charge in [-0.1, -0.05) is 5.21 Å². The fraction of sp³-hybridized carbons (Fsp3) is 0.750. The van der Waals surface area contributed by atoms with Crippen LogP contribution in [0.15, 0.2) is 6.20 Å². The first-order valence-corrected chi connectivity index (χ1v) is 4.61. The van der Waals surface area contributed by atoms with Gasteiger partial charge in [-0.3, -0.25) is 0 Å². The van der Waals surface area contributed by atoms with E-state index < -0.39 is 0 Å². The molecule has 1 aliphatic heterocycles. The lowest BCUT2D eigenvalue weighted by Crippen LogP contribution is -2.33. The molecular formula is C8H15N5. The van der Waals surface area contributed by atoms with Gasteiger partial charge in [0.2, 0.25) is 0 Å². The van der Waals surface area contributed by atoms with Crippen LogP contribution in [0.4, 0.5) is 5.82 Å². The molecule has 5 heteroatoms. The summed E-state index contributed by atoms with van der Waals surface area (Å²) in [4.78, 5) is 2.31. The molecule has 2 heterocycles. The van der Waals surface area contributed by atoms with Crippen LogP contribution in [0.25, 0.3) is 0 Å². The van der Waals surface area contributed by atoms with Crippen LogP contribution >= 0.6 is 0 Å². The van der Waals surface area contributed by atoms with E-state index in [-0.39, 0.29) is 0 Å². The van der Waals surface area contributed by atoms with Crippen molar-refractivity contribution in [1.82, 2.24) is 19.9 Å². The van der Waals surface area contributed by atoms with Crippen LogP contribution in [0.1, 0.15) is 18.9 Å². The van der Waals surface area contributed by atoms with Crippen molar-refractivity contribution in [2.24, 2.45) is 0 Å². The monoisotopic (exact) mass is 181 g/mol. The lowest BCUT2D eigenvalue weighted by molar-refractivity contribution is 0.201. The van der Waals surface area contributed by atoms with Crippen molar-refractivity contribution in [1.29, 1.82) is 0 Å². The summed E-state index contributed by atoms with van der Waals surface area (Å²) < 4.78 is 1.88. The van der Waals surface area contributed by atoms with Crippen LogP contribution in [0.5, 0.6) is 0 Å². The highest BCUT2D eigenvalue weighted by Crippen LogP contribution is 2.19. The minimum atomic E-state index is 0.448. The van der Waals surface area contributed by atoms with E-state index in [0.29, 0.717) is 11.9 Å². The number of piperidine rings is 1. The molecule has 1 atom stereocenters. The van der Waals surface area contributed by atoms with Crippen molar-refractivity contribution in [3.05, 3.63) is 6.20 Å². The van der Waals surface area contributed by atoms with E-state index in [1.165, 1.54) is 19.4 Å². The maximum atomic E-state index is 5.51. The fourth-order valence-electron chi connectivity index (χ4n) is 1.82. The predicted octanol–water partition coefficient (Wildman–Crippen LogP) is 0.127. The van der Waals surface area contributed by atoms with Gasteiger partial charge in [0.15, 0.2) is 5.82 Å². The molecule has 0 aromatic carbocycles. The summed E-state index contributed by atoms with van der Waals surface area (Å²) in [7, 11) is 2.13. The Morgan fingerprint density at radius 3 is 3.08 bits per heavy atom. The number of nitrogens with zero attached hydrogens (tertiary/aromatic N) is 4. The van der Waals surface area contributed by atoms with Crippen molar-refractivity contribution >= 4 is 5.82 Å². The number of hydrogen-bond donors (Lipinski definition) is 1. The number of nitrogens with two attached hydrogens (primary N) is 1. The van der Waals surface area contributed by atoms with Crippen LogP contribution in [-0.4, -0.2) is 40.0 Å². The third-order valence-electron chi connectivity index (χ3n) is 2.50. The third kappa shape index (κ3) is 1.80. The number of likely N-dealkylation sites (N-methyl/N-ethyl adjacent to an activating group) is 1. The zero-order chi connectivity index (χ0) is 9.26. The fourth-order valence-corrected chi connectivity index (χ4v) is 1.82. The summed E-state index contributed by atoms with van der Waals surface area (Å²) in [5, 5.41) is 7.78. The zero-order valence-electron chi connectivity index (χ0n) is 7.85. The number of nitrogen functional groups attached to an aromatic ring is 1. The Balaban J connectivity index is 2.08. The average Bonchev–Trinajstić information content (AvgIpc) is 2.52. The number of hydrogen-bond acceptors (Lipinski definition) is 4. The first-order valence-electron chi connectivity index (χ1n) is 4.61. The summed E-state index contributed by atoms with van der Waals surface area (Å²) in [5.41, 5.74) is 5.51. The second-order valence-corrected chi connectivity index (χ2v) is 3.68. The van der Waals surface area contributed by atoms with Gasteiger partial charge in [-0.15, -0.1) is 5.10 Å². The topological polar surface area (TPSA) is 60.0 Å². The molecule has 0 unspecified atom stereocenters. The maximum Gasteiger partial charge on any atom is 0.165 e. The molecule has 0 amide bonds. The Morgan fingerprint density at radius 2 is 2.46 bits per heavy atom. The van der Waals surface area contributed by atoms with E-state index in [9.17, 15) is 0 Å². The van der Waals surface area contributed by atoms with E-state index in [0.717, 1.165) is 6.54 Å². The molecule has 0 saturated carbocycles. The van der Waals surface area contributed by atoms with Gasteiger partial charge in [-0.05, 0) is 26.4 Å². The Labute approximate surface area is 77.5 Å². The molecule has 1 aliphatic rings. The van der Waals surface area contributed by atoms with Gasteiger partial charge < -0.3 is 10.6 Å². The Hall–Kier alpha value is -1.10. The summed E-state index contributed by atoms with van der Waals surface area (Å²) in [6.45, 7) is 2.23. The SMILES string of the molecule is CN1CCC[C@H](n2cc(N)nn2)C1. The summed E-state index contributed by atoms with van der Waals surface area (Å²) in [6, 6.07) is 0.448. The standard InChI is InChI=1S/C8H15N5/c1-12-4-2-3-7(5-12)13-6-8(9)10-11-13/h6-7H,2-5,9H2,1H3/t7-/m0/s1. The average molecular weight is 181 g/mol. The van der Waals surface area contributed by atoms with E-state index in [2.05, 4.69) is 22.3 Å². The molecular weight excluding hydrogens is 166 g/mol. The Kier molecular flexibility index (Phi) is 2.18. The Morgan fingerprint density at radius 1 is 1.62 bits per heavy atom. The molecule has 0 radical (unpaired) electrons. The van der Waals surface area contributed by atoms with Crippen LogP contribution < -0.4 is 5.73 Å². The highest BCUT2D eigenvalue weighted by atomic mass is 15.5. The minimum Gasteiger partial charge on any atom is -0.381 e. The maximum absolute atomic E-state index is 5.51. The molecule has 0 aliphatic carbocycles. The first kappa shape index (κ1) is 8.50. The Bertz CT molecular complexity index is 282. The van der Waals surface area contributed by atoms with Gasteiger partial charge in [0.25, 0.3) is 0 Å². The van der Waals surface area contributed by atoms with Gasteiger partial charge in [-0.25, -0.2) is 4.68 Å². The quantitative estimate of drug-likeness (QED) is 0.669. The summed E-state index contributed by atoms with van der Waals surface area (Å²) in [5.74, 6) is 0.508. The predicted molar refractivity (Wildman–Crippen MR) is 50.2 cm³/mol. The summed E-state index contributed by atoms with van der Waals surface area (Å²) in [6.07, 6.45) is 4.21. The normalized spacial score (nSPS) is 24.8. The van der Waals surface area contributed by atoms with Gasteiger partial charge in [-0.2, -0.15) is 0 Å². The second kappa shape index (κ2) is 3.33. The smallest absolute Gasteiger partial charge is 0.165 e. The van der Waals surface area contributed by atoms with Gasteiger partial charge >= 0.3 is 0 Å². The minimum absolute atomic E-state index is 0.448. The largest absolute Gasteiger partial charge is 0.381 e. The zero-order valence-corrected chi connectivity index (χ0v) is 7.85. The highest BCUT2D eigenvalue weighted by molar-refractivity contribution is 5.20. The van der Waals surface area contributed by atoms with Gasteiger partial charge in [0.1, 0.15) is 0 Å². The molecule has 1 aromatic rings. The van der Waals surface area contributed by atoms with Gasteiger partial charge in [0, 0.05) is 6.54 Å². The second-order valence-electron chi connectivity index (χ2n) is 3.68. The van der Waals surface area contributed by atoms with Gasteiger partial charge in [0.05, 0.1) is 12.2 Å². The number of anilines is 1. The number of aromatic nitrogens is 3. The molecule has 0 spiro atoms. The van der Waals surface area contributed by atoms with Crippen LogP contribution in [0.2, 0.25) is 0 Å². The summed E-state index contributed by atoms with van der Waals surface area (Å²) >= 11 is 0. The number of rotatable bonds is 1. The highest BCUT2D eigenvalue weighted by Gasteiger charge is 2.19. The van der Waals surface area contributed by atoms with E-state index >= 15 is 0 Å². The van der Waals surface area contributed by atoms with Crippen molar-refractivity contribution < 1.29 is 0 Å². The van der Waals surface area contributed by atoms with Crippen LogP contribution in [-0.2, 0) is 0 Å². The van der Waals surface area contributed by atoms with Crippen molar-refractivity contribution in [2.45, 2.75) is 18.9 Å². The first-order chi connectivity index (χ1) is 6.25. The van der Waals surface area contributed by atoms with Crippen LogP contribution in [0, 0.1) is 0 Å². The van der Waals surface area contributed by atoms with Crippen LogP contribution in [0.3, 0.4) is 0 Å². The van der Waals surface area contributed by atoms with E-state index in [1.807, 2.05) is 10.9 Å². The molecule has 72 valence electrons. The molecule has 2 rings (SSSR count). The molecule has 1 saturated heterocycles. The van der Waals surface area contributed by atoms with E-state index in [4.69, 9.17) is 5.73 Å². The molecule has 13 heavy (non-hydrogen) atoms. The lowest BCUT2D eigenvalue weighted by Gasteiger charge is -2.29. The van der Waals surface area contributed by atoms with Crippen molar-refractivity contribution in [3.63, 3.8) is 0 Å².